The van der Waals surface area contributed by atoms with Gasteiger partial charge >= 0.3 is 0 Å². The average Bonchev–Trinajstić information content (AvgIpc) is 2.77. The van der Waals surface area contributed by atoms with Crippen LogP contribution in [-0.4, -0.2) is 28.6 Å². The van der Waals surface area contributed by atoms with E-state index in [0.29, 0.717) is 6.42 Å². The quantitative estimate of drug-likeness (QED) is 0.605. The van der Waals surface area contributed by atoms with Gasteiger partial charge in [-0.3, -0.25) is 4.79 Å². The zero-order valence-electron chi connectivity index (χ0n) is 9.14. The van der Waals surface area contributed by atoms with Gasteiger partial charge in [0.15, 0.2) is 0 Å². The van der Waals surface area contributed by atoms with Gasteiger partial charge < -0.3 is 10.4 Å². The molecule has 1 heterocycles. The molecule has 0 aromatic carbocycles. The van der Waals surface area contributed by atoms with Crippen LogP contribution in [-0.2, 0) is 0 Å². The summed E-state index contributed by atoms with van der Waals surface area (Å²) >= 11 is 0. The third-order valence-electron chi connectivity index (χ3n) is 2.71. The number of carbonyl (C=O) groups excluding carboxylic acids is 1. The molecule has 1 aromatic rings. The van der Waals surface area contributed by atoms with Gasteiger partial charge in [-0.15, -0.1) is 0 Å². The minimum absolute atomic E-state index is 0.0761. The molecular weight excluding hydrogens is 223 g/mol. The number of rotatable bonds is 3. The Morgan fingerprint density at radius 3 is 3.06 bits per heavy atom. The second-order valence-electron chi connectivity index (χ2n) is 4.01. The molecule has 0 bridgehead atoms. The third-order valence-corrected chi connectivity index (χ3v) is 2.71. The predicted octanol–water partition coefficient (Wildman–Crippen LogP) is 0.887. The Kier molecular flexibility index (Phi) is 3.49. The van der Waals surface area contributed by atoms with E-state index in [-0.39, 0.29) is 30.0 Å². The fraction of sp³-hybridized carbons (Fsp3) is 0.333. The Morgan fingerprint density at radius 1 is 1.59 bits per heavy atom. The molecule has 1 aliphatic carbocycles. The summed E-state index contributed by atoms with van der Waals surface area (Å²) in [5.74, 6) is -0.915. The van der Waals surface area contributed by atoms with Crippen molar-refractivity contribution < 1.29 is 14.3 Å². The number of halogens is 1. The molecule has 0 unspecified atom stereocenters. The number of aromatic nitrogens is 1. The van der Waals surface area contributed by atoms with E-state index < -0.39 is 5.95 Å². The molecule has 0 saturated heterocycles. The summed E-state index contributed by atoms with van der Waals surface area (Å²) in [5, 5.41) is 11.7. The second-order valence-corrected chi connectivity index (χ2v) is 4.01. The second kappa shape index (κ2) is 5.05. The first-order valence-corrected chi connectivity index (χ1v) is 5.40. The van der Waals surface area contributed by atoms with Crippen LogP contribution in [0, 0.1) is 11.9 Å². The van der Waals surface area contributed by atoms with Crippen LogP contribution < -0.4 is 5.32 Å². The van der Waals surface area contributed by atoms with Crippen molar-refractivity contribution in [2.75, 3.05) is 6.61 Å². The summed E-state index contributed by atoms with van der Waals surface area (Å²) in [5.41, 5.74) is 0.248. The van der Waals surface area contributed by atoms with Crippen LogP contribution in [0.1, 0.15) is 16.8 Å². The first kappa shape index (κ1) is 11.7. The van der Waals surface area contributed by atoms with Gasteiger partial charge in [0, 0.05) is 36.4 Å². The lowest BCUT2D eigenvalue weighted by Gasteiger charge is -2.12. The Morgan fingerprint density at radius 2 is 2.41 bits per heavy atom. The van der Waals surface area contributed by atoms with Gasteiger partial charge in [0.1, 0.15) is 0 Å². The van der Waals surface area contributed by atoms with Gasteiger partial charge in [0.25, 0.3) is 5.91 Å². The number of hydrogen-bond acceptors (Lipinski definition) is 3. The topological polar surface area (TPSA) is 62.2 Å². The van der Waals surface area contributed by atoms with Crippen LogP contribution in [0.3, 0.4) is 0 Å². The monoisotopic (exact) mass is 236 g/mol. The van der Waals surface area contributed by atoms with E-state index in [0.717, 1.165) is 6.07 Å². The first-order chi connectivity index (χ1) is 8.19. The highest BCUT2D eigenvalue weighted by molar-refractivity contribution is 5.94. The first-order valence-electron chi connectivity index (χ1n) is 5.40. The van der Waals surface area contributed by atoms with Crippen molar-refractivity contribution in [2.45, 2.75) is 12.5 Å². The number of hydrogen-bond donors (Lipinski definition) is 2. The van der Waals surface area contributed by atoms with Crippen molar-refractivity contribution in [1.29, 1.82) is 0 Å². The van der Waals surface area contributed by atoms with Crippen LogP contribution in [0.25, 0.3) is 0 Å². The van der Waals surface area contributed by atoms with Gasteiger partial charge in [0.05, 0.1) is 0 Å². The number of nitrogens with one attached hydrogen (secondary N) is 1. The summed E-state index contributed by atoms with van der Waals surface area (Å²) in [7, 11) is 0. The molecule has 2 atom stereocenters. The van der Waals surface area contributed by atoms with E-state index in [1.165, 1.54) is 12.3 Å². The van der Waals surface area contributed by atoms with Crippen molar-refractivity contribution in [1.82, 2.24) is 10.3 Å². The molecule has 4 nitrogen and oxygen atoms in total. The minimum atomic E-state index is -0.673. The van der Waals surface area contributed by atoms with Crippen molar-refractivity contribution in [3.8, 4) is 0 Å². The number of nitrogens with zero attached hydrogens (tertiary/aromatic N) is 1. The highest BCUT2D eigenvalue weighted by Gasteiger charge is 2.20. The van der Waals surface area contributed by atoms with E-state index in [1.54, 1.807) is 0 Å². The summed E-state index contributed by atoms with van der Waals surface area (Å²) in [6, 6.07) is 2.45. The zero-order chi connectivity index (χ0) is 12.3. The smallest absolute Gasteiger partial charge is 0.251 e. The lowest BCUT2D eigenvalue weighted by molar-refractivity contribution is 0.0940. The third kappa shape index (κ3) is 2.88. The molecule has 5 heteroatoms. The summed E-state index contributed by atoms with van der Waals surface area (Å²) in [4.78, 5) is 15.1. The van der Waals surface area contributed by atoms with E-state index in [9.17, 15) is 9.18 Å². The molecule has 17 heavy (non-hydrogen) atoms. The Hall–Kier alpha value is -1.75. The zero-order valence-corrected chi connectivity index (χ0v) is 9.14. The molecule has 1 aliphatic rings. The van der Waals surface area contributed by atoms with Crippen molar-refractivity contribution in [3.05, 3.63) is 42.0 Å². The van der Waals surface area contributed by atoms with Gasteiger partial charge in [-0.05, 0) is 12.5 Å². The molecule has 0 fully saturated rings. The van der Waals surface area contributed by atoms with Crippen LogP contribution in [0.15, 0.2) is 30.5 Å². The van der Waals surface area contributed by atoms with Gasteiger partial charge in [-0.25, -0.2) is 4.98 Å². The van der Waals surface area contributed by atoms with E-state index in [4.69, 9.17) is 5.11 Å². The molecule has 0 saturated carbocycles. The number of aliphatic hydroxyl groups excluding tert-OH is 1. The number of amides is 1. The molecule has 90 valence electrons. The molecule has 2 N–H and O–H groups in total. The van der Waals surface area contributed by atoms with Crippen molar-refractivity contribution in [3.63, 3.8) is 0 Å². The van der Waals surface area contributed by atoms with Crippen LogP contribution in [0.4, 0.5) is 4.39 Å². The van der Waals surface area contributed by atoms with Crippen molar-refractivity contribution in [2.24, 2.45) is 5.92 Å². The predicted molar refractivity (Wildman–Crippen MR) is 59.8 cm³/mol. The van der Waals surface area contributed by atoms with Crippen LogP contribution in [0.5, 0.6) is 0 Å². The van der Waals surface area contributed by atoms with Crippen LogP contribution >= 0.6 is 0 Å². The van der Waals surface area contributed by atoms with E-state index in [1.807, 2.05) is 12.2 Å². The molecular formula is C12H13FN2O2. The Balaban J connectivity index is 1.96. The molecule has 2 rings (SSSR count). The largest absolute Gasteiger partial charge is 0.396 e. The fourth-order valence-electron chi connectivity index (χ4n) is 1.81. The maximum atomic E-state index is 12.8. The minimum Gasteiger partial charge on any atom is -0.396 e. The number of carbonyl (C=O) groups is 1. The number of pyridine rings is 1. The fourth-order valence-corrected chi connectivity index (χ4v) is 1.81. The lowest BCUT2D eigenvalue weighted by atomic mass is 10.1. The van der Waals surface area contributed by atoms with E-state index >= 15 is 0 Å². The highest BCUT2D eigenvalue weighted by Crippen LogP contribution is 2.17. The van der Waals surface area contributed by atoms with Gasteiger partial charge in [0.2, 0.25) is 5.95 Å². The summed E-state index contributed by atoms with van der Waals surface area (Å²) in [6.45, 7) is 0.0761. The SMILES string of the molecule is O=C(N[C@@H]1C=C[C@H](CO)C1)c1ccnc(F)c1. The molecule has 0 aliphatic heterocycles. The highest BCUT2D eigenvalue weighted by atomic mass is 19.1. The molecule has 1 aromatic heterocycles. The summed E-state index contributed by atoms with van der Waals surface area (Å²) in [6.07, 6.45) is 5.65. The lowest BCUT2D eigenvalue weighted by Crippen LogP contribution is -2.33. The standard InChI is InChI=1S/C12H13FN2O2/c13-11-6-9(3-4-14-11)12(17)15-10-2-1-8(5-10)7-16/h1-4,6,8,10,16H,5,7H2,(H,15,17)/t8-,10+/m0/s1. The van der Waals surface area contributed by atoms with Crippen molar-refractivity contribution >= 4 is 5.91 Å². The maximum Gasteiger partial charge on any atom is 0.251 e. The van der Waals surface area contributed by atoms with Gasteiger partial charge in [-0.1, -0.05) is 12.2 Å². The maximum absolute atomic E-state index is 12.8. The number of aliphatic hydroxyl groups is 1. The van der Waals surface area contributed by atoms with Crippen LogP contribution in [0.2, 0.25) is 0 Å². The summed E-state index contributed by atoms with van der Waals surface area (Å²) < 4.78 is 12.8. The Bertz CT molecular complexity index is 448. The Labute approximate surface area is 98.2 Å². The molecule has 0 radical (unpaired) electrons. The van der Waals surface area contributed by atoms with Gasteiger partial charge in [-0.2, -0.15) is 4.39 Å². The normalized spacial score (nSPS) is 22.7. The van der Waals surface area contributed by atoms with E-state index in [2.05, 4.69) is 10.3 Å². The molecule has 1 amide bonds. The molecule has 0 spiro atoms. The average molecular weight is 236 g/mol.